The number of ketones is 1. The lowest BCUT2D eigenvalue weighted by Gasteiger charge is -2.08. The summed E-state index contributed by atoms with van der Waals surface area (Å²) in [5.41, 5.74) is 0. The number of hydrogen-bond donors (Lipinski definition) is 0. The van der Waals surface area contributed by atoms with E-state index in [0.29, 0.717) is 15.1 Å². The highest BCUT2D eigenvalue weighted by molar-refractivity contribution is 8.93. The van der Waals surface area contributed by atoms with Crippen LogP contribution in [0.1, 0.15) is 19.8 Å². The molecule has 0 aromatic carbocycles. The summed E-state index contributed by atoms with van der Waals surface area (Å²) >= 11 is 1.84. The predicted octanol–water partition coefficient (Wildman–Crippen LogP) is 2.56. The Morgan fingerprint density at radius 3 is 2.82 bits per heavy atom. The van der Waals surface area contributed by atoms with Crippen LogP contribution in [0.15, 0.2) is 0 Å². The monoisotopic (exact) mass is 206 g/mol. The smallest absolute Gasteiger partial charge is 0.146 e. The predicted molar refractivity (Wildman–Crippen MR) is 54.1 cm³/mol. The summed E-state index contributed by atoms with van der Waals surface area (Å²) in [5.74, 6) is 1.53. The number of carbonyl (C=O) groups is 1. The van der Waals surface area contributed by atoms with Crippen molar-refractivity contribution in [2.45, 2.75) is 29.1 Å². The first kappa shape index (κ1) is 8.32. The molecule has 0 saturated carbocycles. The Labute approximate surface area is 78.8 Å². The highest BCUT2D eigenvalue weighted by Gasteiger charge is 2.45. The van der Waals surface area contributed by atoms with Crippen molar-refractivity contribution in [3.8, 4) is 0 Å². The zero-order valence-electron chi connectivity index (χ0n) is 6.33. The van der Waals surface area contributed by atoms with E-state index >= 15 is 0 Å². The molecule has 0 aromatic rings. The van der Waals surface area contributed by atoms with E-state index in [1.54, 1.807) is 0 Å². The van der Waals surface area contributed by atoms with Crippen LogP contribution in [0, 0.1) is 0 Å². The molecular weight excluding hydrogens is 196 g/mol. The highest BCUT2D eigenvalue weighted by Crippen LogP contribution is 2.67. The fourth-order valence-corrected chi connectivity index (χ4v) is 4.22. The fraction of sp³-hybridized carbons (Fsp3) is 0.857. The van der Waals surface area contributed by atoms with E-state index in [-0.39, 0.29) is 0 Å². The molecule has 1 unspecified atom stereocenters. The first-order valence-electron chi connectivity index (χ1n) is 3.71. The lowest BCUT2D eigenvalue weighted by Crippen LogP contribution is -2.16. The first-order valence-corrected chi connectivity index (χ1v) is 6.91. The van der Waals surface area contributed by atoms with Crippen molar-refractivity contribution in [3.63, 3.8) is 0 Å². The molecule has 62 valence electrons. The van der Waals surface area contributed by atoms with E-state index in [9.17, 15) is 4.79 Å². The molecule has 0 amide bonds. The maximum atomic E-state index is 11.2. The first-order chi connectivity index (χ1) is 5.20. The normalized spacial score (nSPS) is 34.3. The van der Waals surface area contributed by atoms with Crippen molar-refractivity contribution in [2.75, 3.05) is 5.75 Å². The molecule has 0 spiro atoms. The van der Waals surface area contributed by atoms with E-state index in [1.807, 2.05) is 33.3 Å². The Morgan fingerprint density at radius 2 is 2.36 bits per heavy atom. The molecule has 0 aliphatic carbocycles. The van der Waals surface area contributed by atoms with Crippen molar-refractivity contribution in [1.29, 1.82) is 0 Å². The summed E-state index contributed by atoms with van der Waals surface area (Å²) in [6, 6.07) is 0. The molecule has 0 aromatic heterocycles. The van der Waals surface area contributed by atoms with Crippen molar-refractivity contribution < 1.29 is 4.79 Å². The van der Waals surface area contributed by atoms with E-state index in [4.69, 9.17) is 0 Å². The molecule has 2 fully saturated rings. The van der Waals surface area contributed by atoms with Gasteiger partial charge in [-0.15, -0.1) is 0 Å². The average Bonchev–Trinajstić information content (AvgIpc) is 2.54. The van der Waals surface area contributed by atoms with E-state index in [1.165, 1.54) is 0 Å². The zero-order valence-corrected chi connectivity index (χ0v) is 8.78. The van der Waals surface area contributed by atoms with Crippen molar-refractivity contribution in [3.05, 3.63) is 0 Å². The maximum Gasteiger partial charge on any atom is 0.146 e. The topological polar surface area (TPSA) is 17.1 Å². The molecule has 2 aliphatic heterocycles. The average molecular weight is 206 g/mol. The van der Waals surface area contributed by atoms with Gasteiger partial charge >= 0.3 is 0 Å². The van der Waals surface area contributed by atoms with Crippen molar-refractivity contribution in [2.24, 2.45) is 0 Å². The molecule has 0 bridgehead atoms. The minimum absolute atomic E-state index is 0.322. The number of thioether (sulfide) groups is 1. The van der Waals surface area contributed by atoms with Crippen LogP contribution in [0.2, 0.25) is 0 Å². The van der Waals surface area contributed by atoms with Gasteiger partial charge in [-0.2, -0.15) is 11.8 Å². The summed E-state index contributed by atoms with van der Waals surface area (Å²) in [6.07, 6.45) is 1.88. The van der Waals surface area contributed by atoms with Gasteiger partial charge < -0.3 is 0 Å². The number of Topliss-reactive ketones (excluding diaryl/α,β-unsaturated/α-hetero) is 1. The van der Waals surface area contributed by atoms with Crippen LogP contribution in [0.5, 0.6) is 0 Å². The minimum Gasteiger partial charge on any atom is -0.298 e. The minimum atomic E-state index is 0.322. The SMILES string of the molecule is CC1(CC2SCCC2=O)SS1. The summed E-state index contributed by atoms with van der Waals surface area (Å²) in [7, 11) is 3.82. The van der Waals surface area contributed by atoms with Gasteiger partial charge in [0, 0.05) is 12.2 Å². The molecule has 2 rings (SSSR count). The zero-order chi connectivity index (χ0) is 7.90. The third-order valence-electron chi connectivity index (χ3n) is 1.95. The van der Waals surface area contributed by atoms with Crippen LogP contribution in [-0.4, -0.2) is 20.9 Å². The summed E-state index contributed by atoms with van der Waals surface area (Å²) in [6.45, 7) is 2.23. The van der Waals surface area contributed by atoms with Crippen LogP contribution < -0.4 is 0 Å². The standard InChI is InChI=1S/C7H10OS3/c1-7(10-11-7)4-6-5(8)2-3-9-6/h6H,2-4H2,1H3. The van der Waals surface area contributed by atoms with Crippen LogP contribution in [0.3, 0.4) is 0 Å². The van der Waals surface area contributed by atoms with E-state index < -0.39 is 0 Å². The Kier molecular flexibility index (Phi) is 2.19. The molecule has 1 nitrogen and oxygen atoms in total. The Hall–Kier alpha value is 0.720. The van der Waals surface area contributed by atoms with Gasteiger partial charge in [0.25, 0.3) is 0 Å². The fourth-order valence-electron chi connectivity index (χ4n) is 1.20. The van der Waals surface area contributed by atoms with Crippen LogP contribution in [0.25, 0.3) is 0 Å². The molecule has 4 heteroatoms. The quantitative estimate of drug-likeness (QED) is 0.510. The van der Waals surface area contributed by atoms with Crippen LogP contribution in [0.4, 0.5) is 0 Å². The van der Waals surface area contributed by atoms with Gasteiger partial charge in [0.1, 0.15) is 5.78 Å². The summed E-state index contributed by atoms with van der Waals surface area (Å²) < 4.78 is 0.387. The maximum absolute atomic E-state index is 11.2. The Balaban J connectivity index is 1.90. The third kappa shape index (κ3) is 1.90. The highest BCUT2D eigenvalue weighted by atomic mass is 33.2. The van der Waals surface area contributed by atoms with Crippen molar-refractivity contribution >= 4 is 39.1 Å². The molecule has 11 heavy (non-hydrogen) atoms. The van der Waals surface area contributed by atoms with Gasteiger partial charge in [0.15, 0.2) is 0 Å². The number of carbonyl (C=O) groups excluding carboxylic acids is 1. The molecule has 0 N–H and O–H groups in total. The lowest BCUT2D eigenvalue weighted by molar-refractivity contribution is -0.117. The van der Waals surface area contributed by atoms with Gasteiger partial charge in [-0.05, 0) is 13.3 Å². The van der Waals surface area contributed by atoms with Gasteiger partial charge in [-0.1, -0.05) is 21.6 Å². The summed E-state index contributed by atoms with van der Waals surface area (Å²) in [5, 5.41) is 0.322. The van der Waals surface area contributed by atoms with E-state index in [2.05, 4.69) is 6.92 Å². The van der Waals surface area contributed by atoms with Gasteiger partial charge in [0.2, 0.25) is 0 Å². The lowest BCUT2D eigenvalue weighted by atomic mass is 10.1. The molecular formula is C7H10OS3. The molecule has 1 atom stereocenters. The number of hydrogen-bond acceptors (Lipinski definition) is 4. The second kappa shape index (κ2) is 2.89. The number of rotatable bonds is 2. The summed E-state index contributed by atoms with van der Waals surface area (Å²) in [4.78, 5) is 11.2. The Bertz CT molecular complexity index is 188. The van der Waals surface area contributed by atoms with E-state index in [0.717, 1.165) is 18.6 Å². The van der Waals surface area contributed by atoms with Gasteiger partial charge in [-0.25, -0.2) is 0 Å². The van der Waals surface area contributed by atoms with Crippen LogP contribution >= 0.6 is 33.3 Å². The van der Waals surface area contributed by atoms with Crippen molar-refractivity contribution in [1.82, 2.24) is 0 Å². The van der Waals surface area contributed by atoms with Crippen LogP contribution in [-0.2, 0) is 4.79 Å². The molecule has 0 radical (unpaired) electrons. The second-order valence-electron chi connectivity index (χ2n) is 3.08. The molecule has 2 saturated heterocycles. The molecule has 2 heterocycles. The van der Waals surface area contributed by atoms with Gasteiger partial charge in [-0.3, -0.25) is 4.79 Å². The Morgan fingerprint density at radius 1 is 1.64 bits per heavy atom. The second-order valence-corrected chi connectivity index (χ2v) is 7.78. The third-order valence-corrected chi connectivity index (χ3v) is 6.50. The largest absolute Gasteiger partial charge is 0.298 e. The van der Waals surface area contributed by atoms with Gasteiger partial charge in [0.05, 0.1) is 9.33 Å². The molecule has 2 aliphatic rings.